The molecule has 1 heterocycles. The highest BCUT2D eigenvalue weighted by atomic mass is 16.3. The monoisotopic (exact) mass is 345 g/mol. The van der Waals surface area contributed by atoms with Gasteiger partial charge in [0.05, 0.1) is 17.9 Å². The molecule has 0 aliphatic heterocycles. The maximum Gasteiger partial charge on any atom is 0.332 e. The predicted molar refractivity (Wildman–Crippen MR) is 91.9 cm³/mol. The number of furan rings is 1. The molecule has 9 heteroatoms. The van der Waals surface area contributed by atoms with Crippen molar-refractivity contribution in [2.24, 2.45) is 16.6 Å². The summed E-state index contributed by atoms with van der Waals surface area (Å²) in [5.41, 5.74) is 13.2. The first-order chi connectivity index (χ1) is 12.0. The average Bonchev–Trinajstić information content (AvgIpc) is 3.07. The molecule has 25 heavy (non-hydrogen) atoms. The topological polar surface area (TPSA) is 156 Å². The predicted octanol–water partition coefficient (Wildman–Crippen LogP) is -0.00180. The second-order valence-corrected chi connectivity index (χ2v) is 5.08. The van der Waals surface area contributed by atoms with Crippen molar-refractivity contribution in [3.8, 4) is 11.3 Å². The minimum atomic E-state index is -0.805. The van der Waals surface area contributed by atoms with E-state index >= 15 is 0 Å². The number of primary amides is 1. The Bertz CT molecular complexity index is 771. The summed E-state index contributed by atoms with van der Waals surface area (Å²) < 4.78 is 5.60. The van der Waals surface area contributed by atoms with E-state index in [9.17, 15) is 14.7 Å². The number of hydrogen-bond donors (Lipinski definition) is 5. The molecule has 0 saturated carbocycles. The fourth-order valence-corrected chi connectivity index (χ4v) is 2.01. The van der Waals surface area contributed by atoms with Gasteiger partial charge in [-0.05, 0) is 18.2 Å². The lowest BCUT2D eigenvalue weighted by Crippen LogP contribution is -2.36. The molecule has 7 N–H and O–H groups in total. The van der Waals surface area contributed by atoms with Crippen LogP contribution in [0.4, 0.5) is 4.79 Å². The van der Waals surface area contributed by atoms with E-state index < -0.39 is 12.1 Å². The summed E-state index contributed by atoms with van der Waals surface area (Å²) in [6.45, 7) is 0.112. The minimum Gasteiger partial charge on any atom is -0.455 e. The van der Waals surface area contributed by atoms with Crippen LogP contribution < -0.4 is 22.2 Å². The number of benzene rings is 1. The van der Waals surface area contributed by atoms with Gasteiger partial charge in [0.25, 0.3) is 5.91 Å². The van der Waals surface area contributed by atoms with E-state index in [0.717, 1.165) is 0 Å². The van der Waals surface area contributed by atoms with Crippen LogP contribution in [0.2, 0.25) is 0 Å². The molecule has 0 radical (unpaired) electrons. The molecule has 1 aromatic heterocycles. The van der Waals surface area contributed by atoms with Crippen molar-refractivity contribution >= 4 is 18.2 Å². The van der Waals surface area contributed by atoms with Gasteiger partial charge in [0.2, 0.25) is 0 Å². The Morgan fingerprint density at radius 2 is 2.04 bits per heavy atom. The lowest BCUT2D eigenvalue weighted by molar-refractivity contribution is 0.0920. The number of urea groups is 1. The zero-order chi connectivity index (χ0) is 18.2. The number of hydrazone groups is 1. The third kappa shape index (κ3) is 5.16. The van der Waals surface area contributed by atoms with Crippen molar-refractivity contribution in [3.63, 3.8) is 0 Å². The van der Waals surface area contributed by atoms with Crippen molar-refractivity contribution < 1.29 is 19.1 Å². The Morgan fingerprint density at radius 1 is 1.28 bits per heavy atom. The number of carbonyl (C=O) groups excluding carboxylic acids is 2. The highest BCUT2D eigenvalue weighted by Crippen LogP contribution is 2.25. The lowest BCUT2D eigenvalue weighted by Gasteiger charge is -2.11. The van der Waals surface area contributed by atoms with Crippen LogP contribution in [0.15, 0.2) is 45.9 Å². The van der Waals surface area contributed by atoms with Gasteiger partial charge >= 0.3 is 6.03 Å². The fraction of sp³-hybridized carbons (Fsp3) is 0.188. The van der Waals surface area contributed by atoms with Crippen LogP contribution in [0, 0.1) is 0 Å². The lowest BCUT2D eigenvalue weighted by atomic mass is 10.0. The number of nitrogens with one attached hydrogen (secondary N) is 2. The standard InChI is InChI=1S/C16H19N5O4/c17-7-10(22)8-19-15(23)13-4-2-1-3-12(13)14-6-5-11(25-14)9-20-21-16(18)24/h1-6,9-10,22H,7-8,17H2,(H,19,23)(H3,18,21,24)/b20-9+. The molecule has 2 aromatic rings. The molecule has 0 fully saturated rings. The molecule has 132 valence electrons. The van der Waals surface area contributed by atoms with Gasteiger partial charge in [0.1, 0.15) is 11.5 Å². The Morgan fingerprint density at radius 3 is 2.76 bits per heavy atom. The van der Waals surface area contributed by atoms with E-state index in [1.807, 2.05) is 0 Å². The van der Waals surface area contributed by atoms with Crippen LogP contribution in [0.1, 0.15) is 16.1 Å². The van der Waals surface area contributed by atoms with Gasteiger partial charge in [-0.2, -0.15) is 5.10 Å². The van der Waals surface area contributed by atoms with Gasteiger partial charge in [-0.3, -0.25) is 4.79 Å². The zero-order valence-corrected chi connectivity index (χ0v) is 13.3. The van der Waals surface area contributed by atoms with E-state index in [1.165, 1.54) is 6.21 Å². The van der Waals surface area contributed by atoms with Gasteiger partial charge in [-0.25, -0.2) is 10.2 Å². The largest absolute Gasteiger partial charge is 0.455 e. The van der Waals surface area contributed by atoms with Crippen LogP contribution in [-0.2, 0) is 0 Å². The molecule has 0 aliphatic rings. The van der Waals surface area contributed by atoms with Gasteiger partial charge in [0, 0.05) is 18.7 Å². The molecule has 0 saturated heterocycles. The van der Waals surface area contributed by atoms with Gasteiger partial charge < -0.3 is 26.3 Å². The fourth-order valence-electron chi connectivity index (χ4n) is 2.01. The second-order valence-electron chi connectivity index (χ2n) is 5.08. The molecule has 1 aromatic carbocycles. The van der Waals surface area contributed by atoms with Crippen molar-refractivity contribution in [1.29, 1.82) is 0 Å². The third-order valence-electron chi connectivity index (χ3n) is 3.20. The molecular weight excluding hydrogens is 326 g/mol. The smallest absolute Gasteiger partial charge is 0.332 e. The molecule has 0 aliphatic carbocycles. The Hall–Kier alpha value is -3.17. The highest BCUT2D eigenvalue weighted by Gasteiger charge is 2.15. The van der Waals surface area contributed by atoms with Crippen molar-refractivity contribution in [2.75, 3.05) is 13.1 Å². The Kier molecular flexibility index (Phi) is 6.26. The quantitative estimate of drug-likeness (QED) is 0.353. The van der Waals surface area contributed by atoms with Gasteiger partial charge in [0.15, 0.2) is 0 Å². The number of amides is 3. The van der Waals surface area contributed by atoms with Gasteiger partial charge in [-0.1, -0.05) is 18.2 Å². The van der Waals surface area contributed by atoms with Crippen LogP contribution in [-0.4, -0.2) is 42.5 Å². The SMILES string of the molecule is NCC(O)CNC(=O)c1ccccc1-c1ccc(/C=N/NC(N)=O)o1. The summed E-state index contributed by atoms with van der Waals surface area (Å²) in [5.74, 6) is 0.466. The molecule has 1 unspecified atom stereocenters. The number of hydrogen-bond acceptors (Lipinski definition) is 6. The number of aliphatic hydroxyl groups is 1. The maximum atomic E-state index is 12.3. The summed E-state index contributed by atoms with van der Waals surface area (Å²) in [6, 6.07) is 9.39. The number of carbonyl (C=O) groups is 2. The Labute approximate surface area is 143 Å². The summed E-state index contributed by atoms with van der Waals surface area (Å²) >= 11 is 0. The van der Waals surface area contributed by atoms with Crippen LogP contribution in [0.25, 0.3) is 11.3 Å². The summed E-state index contributed by atoms with van der Waals surface area (Å²) in [6.07, 6.45) is 0.481. The molecule has 2 rings (SSSR count). The molecule has 9 nitrogen and oxygen atoms in total. The maximum absolute atomic E-state index is 12.3. The molecule has 3 amide bonds. The molecular formula is C16H19N5O4. The van der Waals surface area contributed by atoms with Crippen LogP contribution in [0.3, 0.4) is 0 Å². The number of nitrogens with zero attached hydrogens (tertiary/aromatic N) is 1. The zero-order valence-electron chi connectivity index (χ0n) is 13.3. The van der Waals surface area contributed by atoms with E-state index in [-0.39, 0.29) is 19.0 Å². The van der Waals surface area contributed by atoms with Gasteiger partial charge in [-0.15, -0.1) is 0 Å². The first-order valence-corrected chi connectivity index (χ1v) is 7.45. The van der Waals surface area contributed by atoms with E-state index in [4.69, 9.17) is 15.9 Å². The normalized spacial score (nSPS) is 12.1. The van der Waals surface area contributed by atoms with Crippen molar-refractivity contribution in [2.45, 2.75) is 6.10 Å². The van der Waals surface area contributed by atoms with Crippen LogP contribution in [0.5, 0.6) is 0 Å². The average molecular weight is 345 g/mol. The summed E-state index contributed by atoms with van der Waals surface area (Å²) in [5, 5.41) is 15.7. The molecule has 1 atom stereocenters. The van der Waals surface area contributed by atoms with E-state index in [0.29, 0.717) is 22.6 Å². The molecule has 0 spiro atoms. The van der Waals surface area contributed by atoms with E-state index in [2.05, 4.69) is 15.8 Å². The number of aliphatic hydroxyl groups excluding tert-OH is 1. The molecule has 0 bridgehead atoms. The van der Waals surface area contributed by atoms with Crippen molar-refractivity contribution in [1.82, 2.24) is 10.7 Å². The second kappa shape index (κ2) is 8.62. The third-order valence-corrected chi connectivity index (χ3v) is 3.20. The summed E-state index contributed by atoms with van der Waals surface area (Å²) in [4.78, 5) is 22.9. The minimum absolute atomic E-state index is 0.0541. The Balaban J connectivity index is 2.17. The van der Waals surface area contributed by atoms with Crippen LogP contribution >= 0.6 is 0 Å². The number of nitrogens with two attached hydrogens (primary N) is 2. The van der Waals surface area contributed by atoms with Crippen molar-refractivity contribution in [3.05, 3.63) is 47.7 Å². The highest BCUT2D eigenvalue weighted by molar-refractivity contribution is 6.00. The first kappa shape index (κ1) is 18.2. The number of rotatable bonds is 7. The summed E-state index contributed by atoms with van der Waals surface area (Å²) in [7, 11) is 0. The van der Waals surface area contributed by atoms with E-state index in [1.54, 1.807) is 36.4 Å². The first-order valence-electron chi connectivity index (χ1n) is 7.45.